The molecule has 0 aromatic heterocycles. The minimum Gasteiger partial charge on any atom is -0.495 e. The number of amides is 3. The summed E-state index contributed by atoms with van der Waals surface area (Å²) in [5.41, 5.74) is 0.592. The third-order valence-electron chi connectivity index (χ3n) is 3.31. The zero-order valence-corrected chi connectivity index (χ0v) is 14.4. The molecular weight excluding hydrogens is 356 g/mol. The fourth-order valence-corrected chi connectivity index (χ4v) is 2.11. The average Bonchev–Trinajstić information content (AvgIpc) is 2.62. The van der Waals surface area contributed by atoms with Gasteiger partial charge in [0.15, 0.2) is 0 Å². The maximum absolute atomic E-state index is 12.1. The van der Waals surface area contributed by atoms with Crippen molar-refractivity contribution in [2.75, 3.05) is 23.1 Å². The normalized spacial score (nSPS) is 9.85. The molecule has 2 aromatic rings. The number of anilines is 3. The van der Waals surface area contributed by atoms with Crippen LogP contribution in [-0.4, -0.2) is 29.8 Å². The van der Waals surface area contributed by atoms with E-state index in [0.717, 1.165) is 6.07 Å². The third kappa shape index (κ3) is 5.26. The highest BCUT2D eigenvalue weighted by Crippen LogP contribution is 2.28. The Labute approximate surface area is 153 Å². The van der Waals surface area contributed by atoms with Gasteiger partial charge >= 0.3 is 11.8 Å². The summed E-state index contributed by atoms with van der Waals surface area (Å²) in [5, 5.41) is 18.1. The SMILES string of the molecule is COc1ccc([N+](=O)[O-])cc1NC(=O)C(=O)Nc1ccc(NC(C)=O)cc1. The maximum Gasteiger partial charge on any atom is 0.314 e. The lowest BCUT2D eigenvalue weighted by Crippen LogP contribution is -2.29. The lowest BCUT2D eigenvalue weighted by atomic mass is 10.2. The molecule has 0 fully saturated rings. The summed E-state index contributed by atoms with van der Waals surface area (Å²) < 4.78 is 5.02. The fourth-order valence-electron chi connectivity index (χ4n) is 2.11. The number of carbonyl (C=O) groups is 3. The lowest BCUT2D eigenvalue weighted by molar-refractivity contribution is -0.384. The summed E-state index contributed by atoms with van der Waals surface area (Å²) in [4.78, 5) is 45.3. The monoisotopic (exact) mass is 372 g/mol. The quantitative estimate of drug-likeness (QED) is 0.417. The van der Waals surface area contributed by atoms with Crippen molar-refractivity contribution in [3.63, 3.8) is 0 Å². The molecule has 140 valence electrons. The summed E-state index contributed by atoms with van der Waals surface area (Å²) in [5.74, 6) is -2.07. The Morgan fingerprint density at radius 3 is 2.00 bits per heavy atom. The second-order valence-corrected chi connectivity index (χ2v) is 5.31. The highest BCUT2D eigenvalue weighted by molar-refractivity contribution is 6.43. The minimum absolute atomic E-state index is 0.00661. The Morgan fingerprint density at radius 2 is 1.48 bits per heavy atom. The Balaban J connectivity index is 2.07. The van der Waals surface area contributed by atoms with E-state index >= 15 is 0 Å². The van der Waals surface area contributed by atoms with Crippen LogP contribution in [0.5, 0.6) is 5.75 Å². The van der Waals surface area contributed by atoms with Crippen molar-refractivity contribution in [1.82, 2.24) is 0 Å². The van der Waals surface area contributed by atoms with E-state index in [4.69, 9.17) is 4.74 Å². The van der Waals surface area contributed by atoms with Crippen molar-refractivity contribution in [3.05, 3.63) is 52.6 Å². The maximum atomic E-state index is 12.1. The first-order chi connectivity index (χ1) is 12.8. The van der Waals surface area contributed by atoms with Crippen molar-refractivity contribution in [2.24, 2.45) is 0 Å². The second kappa shape index (κ2) is 8.43. The van der Waals surface area contributed by atoms with Gasteiger partial charge in [0, 0.05) is 30.4 Å². The van der Waals surface area contributed by atoms with Crippen LogP contribution in [0.15, 0.2) is 42.5 Å². The number of hydrogen-bond acceptors (Lipinski definition) is 6. The fraction of sp³-hybridized carbons (Fsp3) is 0.118. The second-order valence-electron chi connectivity index (χ2n) is 5.31. The number of benzene rings is 2. The topological polar surface area (TPSA) is 140 Å². The molecule has 0 aliphatic heterocycles. The van der Waals surface area contributed by atoms with E-state index in [1.807, 2.05) is 0 Å². The van der Waals surface area contributed by atoms with Gasteiger partial charge in [0.2, 0.25) is 5.91 Å². The Kier molecular flexibility index (Phi) is 6.05. The number of non-ortho nitro benzene ring substituents is 1. The number of methoxy groups -OCH3 is 1. The van der Waals surface area contributed by atoms with Crippen molar-refractivity contribution >= 4 is 40.5 Å². The highest BCUT2D eigenvalue weighted by Gasteiger charge is 2.18. The van der Waals surface area contributed by atoms with Gasteiger partial charge < -0.3 is 20.7 Å². The predicted molar refractivity (Wildman–Crippen MR) is 97.7 cm³/mol. The first-order valence-corrected chi connectivity index (χ1v) is 7.62. The summed E-state index contributed by atoms with van der Waals surface area (Å²) in [6.07, 6.45) is 0. The van der Waals surface area contributed by atoms with Crippen molar-refractivity contribution in [2.45, 2.75) is 6.92 Å². The van der Waals surface area contributed by atoms with E-state index in [1.54, 1.807) is 12.1 Å². The van der Waals surface area contributed by atoms with Gasteiger partial charge in [0.25, 0.3) is 5.69 Å². The van der Waals surface area contributed by atoms with Crippen molar-refractivity contribution in [3.8, 4) is 5.75 Å². The molecule has 0 radical (unpaired) electrons. The molecule has 0 aliphatic carbocycles. The van der Waals surface area contributed by atoms with Crippen LogP contribution in [-0.2, 0) is 14.4 Å². The molecule has 10 heteroatoms. The number of nitro groups is 1. The number of ether oxygens (including phenoxy) is 1. The molecule has 10 nitrogen and oxygen atoms in total. The molecule has 0 saturated carbocycles. The van der Waals surface area contributed by atoms with Gasteiger partial charge in [-0.25, -0.2) is 0 Å². The zero-order chi connectivity index (χ0) is 20.0. The molecule has 0 bridgehead atoms. The van der Waals surface area contributed by atoms with Gasteiger partial charge in [-0.15, -0.1) is 0 Å². The van der Waals surface area contributed by atoms with Gasteiger partial charge in [-0.1, -0.05) is 0 Å². The molecule has 2 aromatic carbocycles. The van der Waals surface area contributed by atoms with E-state index < -0.39 is 16.7 Å². The Morgan fingerprint density at radius 1 is 0.926 bits per heavy atom. The molecule has 2 rings (SSSR count). The van der Waals surface area contributed by atoms with Gasteiger partial charge in [-0.05, 0) is 30.3 Å². The van der Waals surface area contributed by atoms with E-state index in [2.05, 4.69) is 16.0 Å². The van der Waals surface area contributed by atoms with E-state index in [-0.39, 0.29) is 23.0 Å². The predicted octanol–water partition coefficient (Wildman–Crippen LogP) is 2.14. The summed E-state index contributed by atoms with van der Waals surface area (Å²) in [6, 6.07) is 9.73. The molecular formula is C17H16N4O6. The van der Waals surface area contributed by atoms with Crippen LogP contribution in [0, 0.1) is 10.1 Å². The number of rotatable bonds is 5. The van der Waals surface area contributed by atoms with E-state index in [1.165, 1.54) is 38.3 Å². The molecule has 27 heavy (non-hydrogen) atoms. The molecule has 0 unspecified atom stereocenters. The van der Waals surface area contributed by atoms with Gasteiger partial charge in [-0.2, -0.15) is 0 Å². The largest absolute Gasteiger partial charge is 0.495 e. The number of hydrogen-bond donors (Lipinski definition) is 3. The lowest BCUT2D eigenvalue weighted by Gasteiger charge is -2.10. The summed E-state index contributed by atoms with van der Waals surface area (Å²) >= 11 is 0. The Bertz CT molecular complexity index is 895. The highest BCUT2D eigenvalue weighted by atomic mass is 16.6. The molecule has 3 amide bonds. The smallest absolute Gasteiger partial charge is 0.314 e. The average molecular weight is 372 g/mol. The molecule has 3 N–H and O–H groups in total. The van der Waals surface area contributed by atoms with Gasteiger partial charge in [0.05, 0.1) is 17.7 Å². The first kappa shape index (κ1) is 19.4. The molecule has 0 aliphatic rings. The van der Waals surface area contributed by atoms with Crippen LogP contribution in [0.3, 0.4) is 0 Å². The van der Waals surface area contributed by atoms with E-state index in [9.17, 15) is 24.5 Å². The van der Waals surface area contributed by atoms with Crippen LogP contribution in [0.4, 0.5) is 22.7 Å². The van der Waals surface area contributed by atoms with Crippen molar-refractivity contribution in [1.29, 1.82) is 0 Å². The van der Waals surface area contributed by atoms with Crippen LogP contribution in [0.2, 0.25) is 0 Å². The first-order valence-electron chi connectivity index (χ1n) is 7.62. The van der Waals surface area contributed by atoms with E-state index in [0.29, 0.717) is 11.4 Å². The molecule has 0 spiro atoms. The molecule has 0 heterocycles. The van der Waals surface area contributed by atoms with Gasteiger partial charge in [0.1, 0.15) is 5.75 Å². The number of nitrogens with one attached hydrogen (secondary N) is 3. The van der Waals surface area contributed by atoms with Crippen molar-refractivity contribution < 1.29 is 24.0 Å². The van der Waals surface area contributed by atoms with Crippen LogP contribution in [0.25, 0.3) is 0 Å². The van der Waals surface area contributed by atoms with Crippen LogP contribution in [0.1, 0.15) is 6.92 Å². The number of nitro benzene ring substituents is 1. The van der Waals surface area contributed by atoms with Crippen LogP contribution < -0.4 is 20.7 Å². The third-order valence-corrected chi connectivity index (χ3v) is 3.31. The van der Waals surface area contributed by atoms with Gasteiger partial charge in [-0.3, -0.25) is 24.5 Å². The molecule has 0 saturated heterocycles. The standard InChI is InChI=1S/C17H16N4O6/c1-10(22)18-11-3-5-12(6-4-11)19-16(23)17(24)20-14-9-13(21(25)26)7-8-15(14)27-2/h3-9H,1-2H3,(H,18,22)(H,19,23)(H,20,24). The zero-order valence-electron chi connectivity index (χ0n) is 14.4. The number of nitrogens with zero attached hydrogens (tertiary/aromatic N) is 1. The minimum atomic E-state index is -1.03. The Hall–Kier alpha value is -3.95. The van der Waals surface area contributed by atoms with Crippen LogP contribution >= 0.6 is 0 Å². The number of carbonyl (C=O) groups excluding carboxylic acids is 3. The summed E-state index contributed by atoms with van der Waals surface area (Å²) in [7, 11) is 1.33. The molecule has 0 atom stereocenters. The summed E-state index contributed by atoms with van der Waals surface area (Å²) in [6.45, 7) is 1.36.